The Morgan fingerprint density at radius 3 is 2.69 bits per heavy atom. The number of likely N-dealkylation sites (tertiary alicyclic amines) is 1. The van der Waals surface area contributed by atoms with Crippen molar-refractivity contribution in [3.05, 3.63) is 34.5 Å². The SMILES string of the molecule is CCc1[nH]c2c(CNC(=O)[C@@H]3CC(=O)N(C(C)C)C3)cc(C)cc2c1C. The second-order valence-electron chi connectivity index (χ2n) is 7.69. The summed E-state index contributed by atoms with van der Waals surface area (Å²) in [6.07, 6.45) is 1.27. The van der Waals surface area contributed by atoms with Gasteiger partial charge in [-0.05, 0) is 51.3 Å². The average Bonchev–Trinajstić information content (AvgIpc) is 3.13. The molecule has 1 aromatic carbocycles. The molecule has 3 rings (SSSR count). The third-order valence-electron chi connectivity index (χ3n) is 5.46. The topological polar surface area (TPSA) is 65.2 Å². The van der Waals surface area contributed by atoms with E-state index in [9.17, 15) is 9.59 Å². The van der Waals surface area contributed by atoms with Crippen molar-refractivity contribution in [1.82, 2.24) is 15.2 Å². The molecule has 2 N–H and O–H groups in total. The smallest absolute Gasteiger partial charge is 0.225 e. The number of hydrogen-bond acceptors (Lipinski definition) is 2. The molecule has 0 bridgehead atoms. The van der Waals surface area contributed by atoms with Crippen molar-refractivity contribution in [3.63, 3.8) is 0 Å². The molecule has 1 atom stereocenters. The van der Waals surface area contributed by atoms with Gasteiger partial charge in [0.15, 0.2) is 0 Å². The highest BCUT2D eigenvalue weighted by Crippen LogP contribution is 2.27. The van der Waals surface area contributed by atoms with Crippen LogP contribution in [-0.2, 0) is 22.6 Å². The van der Waals surface area contributed by atoms with Crippen LogP contribution in [0.5, 0.6) is 0 Å². The van der Waals surface area contributed by atoms with Gasteiger partial charge in [0.2, 0.25) is 11.8 Å². The quantitative estimate of drug-likeness (QED) is 0.865. The molecule has 2 aromatic rings. The Balaban J connectivity index is 1.76. The minimum atomic E-state index is -0.248. The normalized spacial score (nSPS) is 17.5. The third-order valence-corrected chi connectivity index (χ3v) is 5.46. The Kier molecular flexibility index (Phi) is 5.08. The summed E-state index contributed by atoms with van der Waals surface area (Å²) in [4.78, 5) is 29.9. The van der Waals surface area contributed by atoms with Crippen LogP contribution in [-0.4, -0.2) is 34.3 Å². The summed E-state index contributed by atoms with van der Waals surface area (Å²) in [6, 6.07) is 4.46. The molecule has 26 heavy (non-hydrogen) atoms. The van der Waals surface area contributed by atoms with Crippen molar-refractivity contribution in [1.29, 1.82) is 0 Å². The largest absolute Gasteiger partial charge is 0.358 e. The van der Waals surface area contributed by atoms with Gasteiger partial charge in [0.25, 0.3) is 0 Å². The number of rotatable bonds is 5. The zero-order valence-corrected chi connectivity index (χ0v) is 16.4. The molecular formula is C21H29N3O2. The molecule has 1 fully saturated rings. The number of amides is 2. The predicted molar refractivity (Wildman–Crippen MR) is 104 cm³/mol. The lowest BCUT2D eigenvalue weighted by Gasteiger charge is -2.20. The monoisotopic (exact) mass is 355 g/mol. The summed E-state index contributed by atoms with van der Waals surface area (Å²) in [5.41, 5.74) is 5.92. The van der Waals surface area contributed by atoms with Crippen LogP contribution in [0, 0.1) is 19.8 Å². The molecule has 2 amide bonds. The first-order valence-electron chi connectivity index (χ1n) is 9.49. The number of carbonyl (C=O) groups excluding carboxylic acids is 2. The minimum absolute atomic E-state index is 0.0323. The minimum Gasteiger partial charge on any atom is -0.358 e. The van der Waals surface area contributed by atoms with Gasteiger partial charge in [0, 0.05) is 36.6 Å². The Morgan fingerprint density at radius 1 is 1.35 bits per heavy atom. The summed E-state index contributed by atoms with van der Waals surface area (Å²) < 4.78 is 0. The number of H-pyrrole nitrogens is 1. The highest BCUT2D eigenvalue weighted by Gasteiger charge is 2.35. The molecule has 0 unspecified atom stereocenters. The Labute approximate surface area is 155 Å². The van der Waals surface area contributed by atoms with Crippen molar-refractivity contribution in [2.75, 3.05) is 6.54 Å². The maximum absolute atomic E-state index is 12.6. The zero-order valence-electron chi connectivity index (χ0n) is 16.4. The second kappa shape index (κ2) is 7.14. The van der Waals surface area contributed by atoms with E-state index in [1.165, 1.54) is 22.2 Å². The molecule has 0 spiro atoms. The lowest BCUT2D eigenvalue weighted by Crippen LogP contribution is -2.35. The first-order chi connectivity index (χ1) is 12.3. The maximum Gasteiger partial charge on any atom is 0.225 e. The van der Waals surface area contributed by atoms with Crippen LogP contribution in [0.1, 0.15) is 49.6 Å². The van der Waals surface area contributed by atoms with Gasteiger partial charge in [-0.3, -0.25) is 9.59 Å². The summed E-state index contributed by atoms with van der Waals surface area (Å²) in [5.74, 6) is -0.206. The number of aryl methyl sites for hydroxylation is 3. The van der Waals surface area contributed by atoms with E-state index in [2.05, 4.69) is 43.2 Å². The van der Waals surface area contributed by atoms with Gasteiger partial charge in [-0.2, -0.15) is 0 Å². The number of fused-ring (bicyclic) bond motifs is 1. The first kappa shape index (κ1) is 18.5. The van der Waals surface area contributed by atoms with Crippen LogP contribution in [0.15, 0.2) is 12.1 Å². The van der Waals surface area contributed by atoms with Gasteiger partial charge < -0.3 is 15.2 Å². The molecular weight excluding hydrogens is 326 g/mol. The number of nitrogens with zero attached hydrogens (tertiary/aromatic N) is 1. The van der Waals surface area contributed by atoms with E-state index in [0.717, 1.165) is 17.5 Å². The van der Waals surface area contributed by atoms with Gasteiger partial charge in [0.1, 0.15) is 0 Å². The molecule has 1 aliphatic heterocycles. The molecule has 0 aliphatic carbocycles. The van der Waals surface area contributed by atoms with Gasteiger partial charge in [-0.15, -0.1) is 0 Å². The Bertz CT molecular complexity index is 851. The lowest BCUT2D eigenvalue weighted by atomic mass is 10.0. The average molecular weight is 355 g/mol. The van der Waals surface area contributed by atoms with E-state index in [-0.39, 0.29) is 23.8 Å². The van der Waals surface area contributed by atoms with Crippen LogP contribution in [0.3, 0.4) is 0 Å². The zero-order chi connectivity index (χ0) is 19.0. The standard InChI is InChI=1S/C21H29N3O2/c1-6-18-14(5)17-8-13(4)7-15(20(17)23-18)10-22-21(26)16-9-19(25)24(11-16)12(2)3/h7-8,12,16,23H,6,9-11H2,1-5H3,(H,22,26)/t16-/m1/s1. The van der Waals surface area contributed by atoms with Gasteiger partial charge >= 0.3 is 0 Å². The highest BCUT2D eigenvalue weighted by atomic mass is 16.2. The van der Waals surface area contributed by atoms with Crippen LogP contribution >= 0.6 is 0 Å². The van der Waals surface area contributed by atoms with Gasteiger partial charge in [-0.1, -0.05) is 18.6 Å². The number of hydrogen-bond donors (Lipinski definition) is 2. The molecule has 2 heterocycles. The van der Waals surface area contributed by atoms with E-state index in [1.807, 2.05) is 13.8 Å². The van der Waals surface area contributed by atoms with E-state index in [1.54, 1.807) is 4.90 Å². The van der Waals surface area contributed by atoms with Gasteiger partial charge in [0.05, 0.1) is 11.4 Å². The summed E-state index contributed by atoms with van der Waals surface area (Å²) in [7, 11) is 0. The van der Waals surface area contributed by atoms with Crippen LogP contribution in [0.25, 0.3) is 10.9 Å². The molecule has 5 heteroatoms. The van der Waals surface area contributed by atoms with E-state index in [0.29, 0.717) is 19.5 Å². The number of aromatic nitrogens is 1. The summed E-state index contributed by atoms with van der Waals surface area (Å²) in [6.45, 7) is 11.3. The molecule has 0 saturated carbocycles. The fraction of sp³-hybridized carbons (Fsp3) is 0.524. The fourth-order valence-electron chi connectivity index (χ4n) is 3.94. The third kappa shape index (κ3) is 3.35. The first-order valence-corrected chi connectivity index (χ1v) is 9.49. The van der Waals surface area contributed by atoms with Crippen molar-refractivity contribution in [3.8, 4) is 0 Å². The fourth-order valence-corrected chi connectivity index (χ4v) is 3.94. The summed E-state index contributed by atoms with van der Waals surface area (Å²) >= 11 is 0. The van der Waals surface area contributed by atoms with Crippen LogP contribution < -0.4 is 5.32 Å². The predicted octanol–water partition coefficient (Wildman–Crippen LogP) is 3.22. The molecule has 1 saturated heterocycles. The van der Waals surface area contributed by atoms with E-state index < -0.39 is 0 Å². The van der Waals surface area contributed by atoms with Crippen molar-refractivity contribution < 1.29 is 9.59 Å². The second-order valence-corrected chi connectivity index (χ2v) is 7.69. The lowest BCUT2D eigenvalue weighted by molar-refractivity contribution is -0.129. The van der Waals surface area contributed by atoms with E-state index >= 15 is 0 Å². The summed E-state index contributed by atoms with van der Waals surface area (Å²) in [5, 5.41) is 4.28. The maximum atomic E-state index is 12.6. The van der Waals surface area contributed by atoms with Crippen molar-refractivity contribution in [2.45, 2.75) is 60.0 Å². The van der Waals surface area contributed by atoms with Crippen molar-refractivity contribution >= 4 is 22.7 Å². The van der Waals surface area contributed by atoms with E-state index in [4.69, 9.17) is 0 Å². The molecule has 5 nitrogen and oxygen atoms in total. The Hall–Kier alpha value is -2.30. The Morgan fingerprint density at radius 2 is 2.08 bits per heavy atom. The highest BCUT2D eigenvalue weighted by molar-refractivity contribution is 5.90. The van der Waals surface area contributed by atoms with Crippen LogP contribution in [0.4, 0.5) is 0 Å². The van der Waals surface area contributed by atoms with Crippen LogP contribution in [0.2, 0.25) is 0 Å². The number of aromatic amines is 1. The molecule has 0 radical (unpaired) electrons. The number of benzene rings is 1. The number of carbonyl (C=O) groups is 2. The number of nitrogens with one attached hydrogen (secondary N) is 2. The molecule has 140 valence electrons. The molecule has 1 aromatic heterocycles. The molecule has 1 aliphatic rings. The van der Waals surface area contributed by atoms with Crippen molar-refractivity contribution in [2.24, 2.45) is 5.92 Å². The van der Waals surface area contributed by atoms with Gasteiger partial charge in [-0.25, -0.2) is 0 Å².